The number of alkyl halides is 3. The van der Waals surface area contributed by atoms with Crippen molar-refractivity contribution in [1.82, 2.24) is 4.90 Å². The smallest absolute Gasteiger partial charge is 0.305 e. The van der Waals surface area contributed by atoms with Crippen LogP contribution < -0.4 is 10.4 Å². The molecule has 0 aliphatic carbocycles. The van der Waals surface area contributed by atoms with Crippen molar-refractivity contribution in [3.8, 4) is 0 Å². The molecule has 0 spiro atoms. The van der Waals surface area contributed by atoms with E-state index in [4.69, 9.17) is 0 Å². The van der Waals surface area contributed by atoms with Crippen LogP contribution in [0.25, 0.3) is 0 Å². The Hall–Kier alpha value is -2.91. The second-order valence-corrected chi connectivity index (χ2v) is 7.30. The molecule has 10 heteroatoms. The lowest BCUT2D eigenvalue weighted by atomic mass is 9.89. The zero-order valence-electron chi connectivity index (χ0n) is 15.8. The predicted octanol–water partition coefficient (Wildman–Crippen LogP) is 2.99. The molecule has 3 amide bonds. The van der Waals surface area contributed by atoms with Crippen molar-refractivity contribution in [2.75, 3.05) is 4.90 Å². The molecule has 3 rings (SSSR count). The maximum absolute atomic E-state index is 13.6. The maximum Gasteiger partial charge on any atom is 0.419 e. The average molecular weight is 410 g/mol. The molecule has 29 heavy (non-hydrogen) atoms. The van der Waals surface area contributed by atoms with Gasteiger partial charge in [-0.2, -0.15) is 13.2 Å². The molecule has 0 aromatic heterocycles. The SMILES string of the molecule is Bc1cc(F)ccc1CN1C(=O)N(c2ccc(F)c(C(F)(F)F)c2)C(=O)C1(C)C. The monoisotopic (exact) mass is 410 g/mol. The molecule has 1 fully saturated rings. The molecule has 0 saturated carbocycles. The number of carbonyl (C=O) groups is 2. The van der Waals surface area contributed by atoms with E-state index in [0.29, 0.717) is 28.1 Å². The fourth-order valence-corrected chi connectivity index (χ4v) is 3.21. The number of halogens is 5. The largest absolute Gasteiger partial charge is 0.419 e. The third-order valence-electron chi connectivity index (χ3n) is 4.97. The van der Waals surface area contributed by atoms with Crippen molar-refractivity contribution < 1.29 is 31.5 Å². The first-order valence-corrected chi connectivity index (χ1v) is 8.62. The van der Waals surface area contributed by atoms with E-state index >= 15 is 0 Å². The first-order chi connectivity index (χ1) is 13.3. The van der Waals surface area contributed by atoms with Gasteiger partial charge in [0.05, 0.1) is 11.3 Å². The summed E-state index contributed by atoms with van der Waals surface area (Å²) in [5, 5.41) is 0. The molecule has 0 N–H and O–H groups in total. The van der Waals surface area contributed by atoms with E-state index < -0.39 is 40.9 Å². The van der Waals surface area contributed by atoms with Crippen LogP contribution in [0.3, 0.4) is 0 Å². The Morgan fingerprint density at radius 1 is 1.03 bits per heavy atom. The zero-order chi connectivity index (χ0) is 21.7. The summed E-state index contributed by atoms with van der Waals surface area (Å²) in [5.74, 6) is -2.71. The normalized spacial score (nSPS) is 16.7. The van der Waals surface area contributed by atoms with Gasteiger partial charge in [0.15, 0.2) is 0 Å². The van der Waals surface area contributed by atoms with E-state index in [9.17, 15) is 31.5 Å². The quantitative estimate of drug-likeness (QED) is 0.444. The first-order valence-electron chi connectivity index (χ1n) is 8.62. The zero-order valence-corrected chi connectivity index (χ0v) is 15.8. The van der Waals surface area contributed by atoms with Crippen LogP contribution in [0.2, 0.25) is 0 Å². The fraction of sp³-hybridized carbons (Fsp3) is 0.263. The van der Waals surface area contributed by atoms with E-state index in [1.165, 1.54) is 36.9 Å². The molecule has 152 valence electrons. The van der Waals surface area contributed by atoms with Gasteiger partial charge in [-0.15, -0.1) is 0 Å². The minimum absolute atomic E-state index is 0.0481. The fourth-order valence-electron chi connectivity index (χ4n) is 3.21. The standard InChI is InChI=1S/C19H16BF5N2O2/c1-18(2)16(28)27(12-5-6-15(22)13(8-12)19(23,24)25)17(29)26(18)9-10-3-4-11(21)7-14(10)20/h3-8H,9,20H2,1-2H3. The highest BCUT2D eigenvalue weighted by atomic mass is 19.4. The van der Waals surface area contributed by atoms with Crippen LogP contribution in [0.4, 0.5) is 32.4 Å². The summed E-state index contributed by atoms with van der Waals surface area (Å²) in [6.45, 7) is 2.87. The summed E-state index contributed by atoms with van der Waals surface area (Å²) in [4.78, 5) is 27.6. The van der Waals surface area contributed by atoms with Gasteiger partial charge in [0, 0.05) is 6.54 Å². The average Bonchev–Trinajstić information content (AvgIpc) is 2.76. The summed E-state index contributed by atoms with van der Waals surface area (Å²) in [7, 11) is 1.64. The van der Waals surface area contributed by atoms with Crippen LogP contribution in [0, 0.1) is 11.6 Å². The Morgan fingerprint density at radius 2 is 1.69 bits per heavy atom. The van der Waals surface area contributed by atoms with Crippen molar-refractivity contribution in [2.45, 2.75) is 32.1 Å². The molecule has 1 aliphatic heterocycles. The van der Waals surface area contributed by atoms with Gasteiger partial charge in [-0.25, -0.2) is 18.5 Å². The number of urea groups is 1. The lowest BCUT2D eigenvalue weighted by Gasteiger charge is -2.28. The van der Waals surface area contributed by atoms with Crippen molar-refractivity contribution in [2.24, 2.45) is 0 Å². The van der Waals surface area contributed by atoms with E-state index in [2.05, 4.69) is 0 Å². The second-order valence-electron chi connectivity index (χ2n) is 7.30. The molecule has 1 heterocycles. The third kappa shape index (κ3) is 3.59. The molecule has 0 bridgehead atoms. The van der Waals surface area contributed by atoms with Crippen LogP contribution in [0.1, 0.15) is 25.0 Å². The highest BCUT2D eigenvalue weighted by Gasteiger charge is 2.52. The van der Waals surface area contributed by atoms with E-state index in [1.807, 2.05) is 0 Å². The number of hydrogen-bond acceptors (Lipinski definition) is 2. The van der Waals surface area contributed by atoms with Crippen LogP contribution in [-0.4, -0.2) is 30.2 Å². The lowest BCUT2D eigenvalue weighted by molar-refractivity contribution is -0.140. The number of anilines is 1. The topological polar surface area (TPSA) is 40.6 Å². The summed E-state index contributed by atoms with van der Waals surface area (Å²) < 4.78 is 66.0. The molecule has 0 radical (unpaired) electrons. The van der Waals surface area contributed by atoms with Crippen molar-refractivity contribution in [1.29, 1.82) is 0 Å². The maximum atomic E-state index is 13.6. The molecule has 2 aromatic carbocycles. The number of rotatable bonds is 3. The highest BCUT2D eigenvalue weighted by molar-refractivity contribution is 6.33. The number of amides is 3. The molecular formula is C19H16BF5N2O2. The van der Waals surface area contributed by atoms with Gasteiger partial charge in [0.2, 0.25) is 0 Å². The predicted molar refractivity (Wildman–Crippen MR) is 98.5 cm³/mol. The van der Waals surface area contributed by atoms with E-state index in [-0.39, 0.29) is 12.2 Å². The number of imide groups is 1. The Labute approximate surface area is 164 Å². The highest BCUT2D eigenvalue weighted by Crippen LogP contribution is 2.37. The Balaban J connectivity index is 2.01. The first kappa shape index (κ1) is 20.8. The molecule has 4 nitrogen and oxygen atoms in total. The van der Waals surface area contributed by atoms with Gasteiger partial charge in [0.1, 0.15) is 25.0 Å². The third-order valence-corrected chi connectivity index (χ3v) is 4.97. The minimum Gasteiger partial charge on any atom is -0.305 e. The minimum atomic E-state index is -4.98. The molecule has 0 unspecified atom stereocenters. The number of hydrogen-bond donors (Lipinski definition) is 0. The molecule has 2 aromatic rings. The number of benzene rings is 2. The van der Waals surface area contributed by atoms with Gasteiger partial charge >= 0.3 is 12.2 Å². The van der Waals surface area contributed by atoms with Gasteiger partial charge in [-0.3, -0.25) is 4.79 Å². The van der Waals surface area contributed by atoms with Crippen molar-refractivity contribution >= 4 is 30.9 Å². The van der Waals surface area contributed by atoms with Crippen LogP contribution in [0.15, 0.2) is 36.4 Å². The molecule has 1 saturated heterocycles. The van der Waals surface area contributed by atoms with E-state index in [0.717, 1.165) is 6.07 Å². The van der Waals surface area contributed by atoms with Gasteiger partial charge in [-0.05, 0) is 49.7 Å². The summed E-state index contributed by atoms with van der Waals surface area (Å²) >= 11 is 0. The Bertz CT molecular complexity index is 1010. The lowest BCUT2D eigenvalue weighted by Crippen LogP contribution is -2.44. The van der Waals surface area contributed by atoms with Gasteiger partial charge < -0.3 is 4.90 Å². The Kier molecular flexibility index (Phi) is 4.92. The van der Waals surface area contributed by atoms with Crippen molar-refractivity contribution in [3.63, 3.8) is 0 Å². The second kappa shape index (κ2) is 6.86. The van der Waals surface area contributed by atoms with Gasteiger partial charge in [0.25, 0.3) is 5.91 Å². The molecular weight excluding hydrogens is 394 g/mol. The van der Waals surface area contributed by atoms with E-state index in [1.54, 1.807) is 7.85 Å². The molecule has 1 aliphatic rings. The summed E-state index contributed by atoms with van der Waals surface area (Å²) in [5.41, 5.74) is -2.18. The summed E-state index contributed by atoms with van der Waals surface area (Å²) in [6, 6.07) is 5.07. The number of nitrogens with zero attached hydrogens (tertiary/aromatic N) is 2. The molecule has 0 atom stereocenters. The Morgan fingerprint density at radius 3 is 2.28 bits per heavy atom. The van der Waals surface area contributed by atoms with Gasteiger partial charge in [-0.1, -0.05) is 11.5 Å². The summed E-state index contributed by atoms with van der Waals surface area (Å²) in [6.07, 6.45) is -4.98. The number of carbonyl (C=O) groups excluding carboxylic acids is 2. The van der Waals surface area contributed by atoms with Crippen LogP contribution in [-0.2, 0) is 17.5 Å². The van der Waals surface area contributed by atoms with Crippen LogP contribution in [0.5, 0.6) is 0 Å². The van der Waals surface area contributed by atoms with Crippen LogP contribution >= 0.6 is 0 Å². The van der Waals surface area contributed by atoms with Crippen molar-refractivity contribution in [3.05, 3.63) is 59.2 Å².